The molecule has 4 nitrogen and oxygen atoms in total. The van der Waals surface area contributed by atoms with Crippen LogP contribution in [0.3, 0.4) is 0 Å². The van der Waals surface area contributed by atoms with Crippen molar-refractivity contribution in [3.05, 3.63) is 87.4 Å². The van der Waals surface area contributed by atoms with Crippen LogP contribution in [-0.2, 0) is 5.41 Å². The number of halogens is 2. The number of hydrogen-bond acceptors (Lipinski definition) is 3. The van der Waals surface area contributed by atoms with Gasteiger partial charge < -0.3 is 10.1 Å². The normalized spacial score (nSPS) is 11.8. The Morgan fingerprint density at radius 1 is 1.06 bits per heavy atom. The van der Waals surface area contributed by atoms with Crippen LogP contribution in [0.2, 0.25) is 5.02 Å². The first-order valence-corrected chi connectivity index (χ1v) is 13.0. The second-order valence-electron chi connectivity index (χ2n) is 9.22. The van der Waals surface area contributed by atoms with Crippen LogP contribution in [0.15, 0.2) is 59.6 Å². The zero-order valence-corrected chi connectivity index (χ0v) is 23.1. The average Bonchev–Trinajstić information content (AvgIpc) is 2.88. The standard InChI is InChI=1S/C30H33Cl2N3O/c1-6-14-35-29(34-5)26-17-22(8-7-20(26)2)21-9-11-24(12-10-21)30(3,4)25-16-23(19-33)28(27(32)18-25)36-15-13-31/h7-12,16-18H,6,13-15H2,1-5H3,(H,34,35). The van der Waals surface area contributed by atoms with Gasteiger partial charge in [-0.05, 0) is 59.4 Å². The molecule has 6 heteroatoms. The minimum atomic E-state index is -0.372. The maximum atomic E-state index is 9.68. The topological polar surface area (TPSA) is 57.4 Å². The van der Waals surface area contributed by atoms with Crippen LogP contribution in [0, 0.1) is 18.3 Å². The van der Waals surface area contributed by atoms with Gasteiger partial charge in [-0.25, -0.2) is 0 Å². The van der Waals surface area contributed by atoms with Gasteiger partial charge in [0.1, 0.15) is 18.5 Å². The third kappa shape index (κ3) is 6.03. The van der Waals surface area contributed by atoms with E-state index in [1.807, 2.05) is 19.2 Å². The number of aliphatic imine (C=N–C) groups is 1. The van der Waals surface area contributed by atoms with E-state index in [-0.39, 0.29) is 5.41 Å². The van der Waals surface area contributed by atoms with Crippen molar-refractivity contribution in [3.63, 3.8) is 0 Å². The summed E-state index contributed by atoms with van der Waals surface area (Å²) < 4.78 is 5.61. The first-order valence-electron chi connectivity index (χ1n) is 12.1. The van der Waals surface area contributed by atoms with Crippen molar-refractivity contribution < 1.29 is 4.74 Å². The number of nitriles is 1. The van der Waals surface area contributed by atoms with E-state index >= 15 is 0 Å². The molecule has 0 saturated heterocycles. The lowest BCUT2D eigenvalue weighted by molar-refractivity contribution is 0.341. The number of hydrogen-bond donors (Lipinski definition) is 1. The highest BCUT2D eigenvalue weighted by atomic mass is 35.5. The summed E-state index contributed by atoms with van der Waals surface area (Å²) in [6, 6.07) is 21.0. The number of rotatable bonds is 9. The summed E-state index contributed by atoms with van der Waals surface area (Å²) >= 11 is 12.2. The van der Waals surface area contributed by atoms with E-state index < -0.39 is 0 Å². The van der Waals surface area contributed by atoms with Crippen molar-refractivity contribution in [1.29, 1.82) is 5.26 Å². The molecule has 0 amide bonds. The van der Waals surface area contributed by atoms with Gasteiger partial charge in [0.25, 0.3) is 0 Å². The summed E-state index contributed by atoms with van der Waals surface area (Å²) in [6.45, 7) is 9.68. The van der Waals surface area contributed by atoms with E-state index in [9.17, 15) is 5.26 Å². The van der Waals surface area contributed by atoms with Gasteiger partial charge in [-0.15, -0.1) is 11.6 Å². The molecule has 0 saturated carbocycles. The smallest absolute Gasteiger partial charge is 0.155 e. The summed E-state index contributed by atoms with van der Waals surface area (Å²) in [5.74, 6) is 1.62. The van der Waals surface area contributed by atoms with E-state index in [4.69, 9.17) is 27.9 Å². The lowest BCUT2D eigenvalue weighted by Crippen LogP contribution is -2.26. The quantitative estimate of drug-likeness (QED) is 0.180. The van der Waals surface area contributed by atoms with E-state index in [2.05, 4.69) is 86.5 Å². The molecule has 3 rings (SSSR count). The van der Waals surface area contributed by atoms with Gasteiger partial charge in [-0.3, -0.25) is 4.99 Å². The molecule has 0 aromatic heterocycles. The van der Waals surface area contributed by atoms with Crippen molar-refractivity contribution in [2.75, 3.05) is 26.1 Å². The van der Waals surface area contributed by atoms with Crippen LogP contribution in [0.5, 0.6) is 5.75 Å². The van der Waals surface area contributed by atoms with Crippen LogP contribution >= 0.6 is 23.2 Å². The first-order chi connectivity index (χ1) is 17.3. The third-order valence-corrected chi connectivity index (χ3v) is 6.84. The number of nitrogens with zero attached hydrogens (tertiary/aromatic N) is 2. The number of benzene rings is 3. The van der Waals surface area contributed by atoms with Crippen molar-refractivity contribution in [1.82, 2.24) is 5.32 Å². The molecule has 0 heterocycles. The summed E-state index contributed by atoms with van der Waals surface area (Å²) in [5, 5.41) is 13.5. The molecule has 0 aliphatic heterocycles. The van der Waals surface area contributed by atoms with Crippen LogP contribution in [0.25, 0.3) is 11.1 Å². The predicted octanol–water partition coefficient (Wildman–Crippen LogP) is 7.51. The predicted molar refractivity (Wildman–Crippen MR) is 152 cm³/mol. The van der Waals surface area contributed by atoms with Crippen LogP contribution in [-0.4, -0.2) is 31.9 Å². The lowest BCUT2D eigenvalue weighted by Gasteiger charge is -2.27. The van der Waals surface area contributed by atoms with Gasteiger partial charge in [0.2, 0.25) is 0 Å². The fourth-order valence-corrected chi connectivity index (χ4v) is 4.52. The molecule has 0 radical (unpaired) electrons. The Kier molecular flexibility index (Phi) is 9.43. The molecule has 3 aromatic rings. The average molecular weight is 523 g/mol. The van der Waals surface area contributed by atoms with Gasteiger partial charge >= 0.3 is 0 Å². The molecule has 0 unspecified atom stereocenters. The molecule has 0 aliphatic carbocycles. The molecule has 1 N–H and O–H groups in total. The monoisotopic (exact) mass is 521 g/mol. The van der Waals surface area contributed by atoms with Crippen molar-refractivity contribution in [2.45, 2.75) is 39.5 Å². The fraction of sp³-hybridized carbons (Fsp3) is 0.333. The molecular weight excluding hydrogens is 489 g/mol. The Balaban J connectivity index is 1.94. The molecular formula is C30H33Cl2N3O. The van der Waals surface area contributed by atoms with E-state index in [1.165, 1.54) is 5.56 Å². The number of nitrogens with one attached hydrogen (secondary N) is 1. The largest absolute Gasteiger partial charge is 0.489 e. The van der Waals surface area contributed by atoms with Gasteiger partial charge in [-0.1, -0.05) is 68.8 Å². The fourth-order valence-electron chi connectivity index (χ4n) is 4.17. The van der Waals surface area contributed by atoms with Gasteiger partial charge in [0.15, 0.2) is 5.75 Å². The maximum Gasteiger partial charge on any atom is 0.155 e. The number of alkyl halides is 1. The van der Waals surface area contributed by atoms with Gasteiger partial charge in [0, 0.05) is 24.6 Å². The highest BCUT2D eigenvalue weighted by Crippen LogP contribution is 2.38. The Hall–Kier alpha value is -3.00. The van der Waals surface area contributed by atoms with Crippen molar-refractivity contribution in [3.8, 4) is 22.9 Å². The summed E-state index contributed by atoms with van der Waals surface area (Å²) in [5.41, 5.74) is 6.66. The molecule has 188 valence electrons. The number of ether oxygens (including phenoxy) is 1. The molecule has 3 aromatic carbocycles. The molecule has 0 bridgehead atoms. The lowest BCUT2D eigenvalue weighted by atomic mass is 9.77. The second kappa shape index (κ2) is 12.3. The molecule has 0 spiro atoms. The van der Waals surface area contributed by atoms with Gasteiger partial charge in [-0.2, -0.15) is 5.26 Å². The second-order valence-corrected chi connectivity index (χ2v) is 10.0. The van der Waals surface area contributed by atoms with Gasteiger partial charge in [0.05, 0.1) is 16.5 Å². The molecule has 0 aliphatic rings. The van der Waals surface area contributed by atoms with Crippen LogP contribution in [0.1, 0.15) is 55.0 Å². The Labute approximate surface area is 224 Å². The third-order valence-electron chi connectivity index (χ3n) is 6.41. The number of amidine groups is 1. The number of aryl methyl sites for hydroxylation is 1. The van der Waals surface area contributed by atoms with Crippen LogP contribution < -0.4 is 10.1 Å². The summed E-state index contributed by atoms with van der Waals surface area (Å²) in [7, 11) is 1.82. The highest BCUT2D eigenvalue weighted by Gasteiger charge is 2.26. The SMILES string of the molecule is CCCNC(=NC)c1cc(-c2ccc(C(C)(C)c3cc(Cl)c(OCCCl)c(C#N)c3)cc2)ccc1C. The minimum Gasteiger partial charge on any atom is -0.489 e. The maximum absolute atomic E-state index is 9.68. The van der Waals surface area contributed by atoms with E-state index in [0.717, 1.165) is 46.6 Å². The zero-order chi connectivity index (χ0) is 26.3. The van der Waals surface area contributed by atoms with E-state index in [0.29, 0.717) is 28.8 Å². The Morgan fingerprint density at radius 3 is 2.36 bits per heavy atom. The minimum absolute atomic E-state index is 0.293. The zero-order valence-electron chi connectivity index (χ0n) is 21.6. The molecule has 0 atom stereocenters. The molecule has 36 heavy (non-hydrogen) atoms. The summed E-state index contributed by atoms with van der Waals surface area (Å²) in [4.78, 5) is 4.47. The highest BCUT2D eigenvalue weighted by molar-refractivity contribution is 6.32. The Bertz CT molecular complexity index is 1270. The van der Waals surface area contributed by atoms with Crippen molar-refractivity contribution in [2.24, 2.45) is 4.99 Å². The first kappa shape index (κ1) is 27.6. The summed E-state index contributed by atoms with van der Waals surface area (Å²) in [6.07, 6.45) is 1.04. The van der Waals surface area contributed by atoms with E-state index in [1.54, 1.807) is 0 Å². The van der Waals surface area contributed by atoms with Crippen LogP contribution in [0.4, 0.5) is 0 Å². The Morgan fingerprint density at radius 2 is 1.75 bits per heavy atom. The molecule has 0 fully saturated rings. The van der Waals surface area contributed by atoms with Crippen molar-refractivity contribution >= 4 is 29.0 Å².